The fraction of sp³-hybridized carbons (Fsp3) is 0.391. The van der Waals surface area contributed by atoms with Crippen LogP contribution in [0.2, 0.25) is 0 Å². The Labute approximate surface area is 186 Å². The maximum Gasteiger partial charge on any atom is 0.313 e. The number of carbonyl (C=O) groups excluding carboxylic acids is 3. The third kappa shape index (κ3) is 4.87. The Morgan fingerprint density at radius 2 is 1.81 bits per heavy atom. The third-order valence-corrected chi connectivity index (χ3v) is 5.60. The second-order valence-electron chi connectivity index (χ2n) is 8.40. The predicted molar refractivity (Wildman–Crippen MR) is 119 cm³/mol. The molecular weight excluding hydrogens is 413 g/mol. The van der Waals surface area contributed by atoms with Gasteiger partial charge >= 0.3 is 11.8 Å². The normalized spacial score (nSPS) is 18.6. The van der Waals surface area contributed by atoms with Gasteiger partial charge in [-0.1, -0.05) is 26.0 Å². The highest BCUT2D eigenvalue weighted by molar-refractivity contribution is 6.39. The molecule has 2 atom stereocenters. The van der Waals surface area contributed by atoms with Gasteiger partial charge < -0.3 is 20.9 Å². The summed E-state index contributed by atoms with van der Waals surface area (Å²) in [5.74, 6) is -1.88. The third-order valence-electron chi connectivity index (χ3n) is 5.60. The lowest BCUT2D eigenvalue weighted by molar-refractivity contribution is -0.152. The minimum Gasteiger partial charge on any atom is -0.383 e. The number of piperazine rings is 1. The number of nitrogens with zero attached hydrogens (tertiary/aromatic N) is 3. The largest absolute Gasteiger partial charge is 0.383 e. The number of pyridine rings is 1. The molecule has 1 aromatic heterocycles. The molecule has 2 aromatic rings. The van der Waals surface area contributed by atoms with Gasteiger partial charge in [-0.3, -0.25) is 14.4 Å². The van der Waals surface area contributed by atoms with E-state index in [9.17, 15) is 18.8 Å². The molecule has 1 saturated heterocycles. The van der Waals surface area contributed by atoms with Gasteiger partial charge in [-0.25, -0.2) is 9.37 Å². The van der Waals surface area contributed by atoms with Crippen molar-refractivity contribution < 1.29 is 18.8 Å². The summed E-state index contributed by atoms with van der Waals surface area (Å²) in [4.78, 5) is 45.8. The standard InChI is InChI=1S/C23H28FN5O3/c1-13(2)22(31)28-12-19(16-5-7-17(24)8-6-16)29(11-15(28)4)23(32)21(30)27-18-9-14(3)20(25)26-10-18/h5-10,13,15,19H,11-12H2,1-4H3,(H2,25,26)(H,27,30)/t15-,19-/m0/s1. The van der Waals surface area contributed by atoms with Crippen molar-refractivity contribution in [2.75, 3.05) is 24.1 Å². The van der Waals surface area contributed by atoms with Gasteiger partial charge in [0.1, 0.15) is 11.6 Å². The van der Waals surface area contributed by atoms with E-state index in [0.29, 0.717) is 22.6 Å². The fourth-order valence-electron chi connectivity index (χ4n) is 3.78. The lowest BCUT2D eigenvalue weighted by Gasteiger charge is -2.45. The topological polar surface area (TPSA) is 109 Å². The Morgan fingerprint density at radius 3 is 2.41 bits per heavy atom. The van der Waals surface area contributed by atoms with E-state index in [1.807, 2.05) is 20.8 Å². The van der Waals surface area contributed by atoms with E-state index in [0.717, 1.165) is 0 Å². The molecular formula is C23H28FN5O3. The highest BCUT2D eigenvalue weighted by Gasteiger charge is 2.39. The number of amides is 3. The number of hydrogen-bond acceptors (Lipinski definition) is 5. The van der Waals surface area contributed by atoms with Gasteiger partial charge in [0.2, 0.25) is 5.91 Å². The maximum atomic E-state index is 13.5. The van der Waals surface area contributed by atoms with Gasteiger partial charge in [0.15, 0.2) is 0 Å². The molecule has 8 nitrogen and oxygen atoms in total. The zero-order chi connectivity index (χ0) is 23.6. The zero-order valence-electron chi connectivity index (χ0n) is 18.6. The van der Waals surface area contributed by atoms with E-state index in [2.05, 4.69) is 10.3 Å². The molecule has 0 spiro atoms. The molecule has 1 aromatic carbocycles. The first kappa shape index (κ1) is 23.2. The van der Waals surface area contributed by atoms with Gasteiger partial charge in [-0.05, 0) is 43.2 Å². The van der Waals surface area contributed by atoms with Crippen LogP contribution in [0.3, 0.4) is 0 Å². The van der Waals surface area contributed by atoms with Crippen LogP contribution in [0.1, 0.15) is 37.9 Å². The quantitative estimate of drug-likeness (QED) is 0.712. The molecule has 0 saturated carbocycles. The van der Waals surface area contributed by atoms with Crippen molar-refractivity contribution >= 4 is 29.2 Å². The van der Waals surface area contributed by atoms with Crippen LogP contribution in [0.25, 0.3) is 0 Å². The van der Waals surface area contributed by atoms with E-state index in [1.165, 1.54) is 23.2 Å². The van der Waals surface area contributed by atoms with Crippen molar-refractivity contribution in [2.24, 2.45) is 5.92 Å². The molecule has 1 fully saturated rings. The van der Waals surface area contributed by atoms with Gasteiger partial charge in [0, 0.05) is 25.0 Å². The number of carbonyl (C=O) groups is 3. The molecule has 0 aliphatic carbocycles. The maximum absolute atomic E-state index is 13.5. The van der Waals surface area contributed by atoms with E-state index in [1.54, 1.807) is 30.0 Å². The number of nitrogens with two attached hydrogens (primary N) is 1. The van der Waals surface area contributed by atoms with Gasteiger partial charge in [0.25, 0.3) is 0 Å². The van der Waals surface area contributed by atoms with Crippen LogP contribution in [-0.4, -0.2) is 51.6 Å². The minimum atomic E-state index is -0.820. The van der Waals surface area contributed by atoms with Crippen LogP contribution in [-0.2, 0) is 14.4 Å². The number of anilines is 2. The summed E-state index contributed by atoms with van der Waals surface area (Å²) in [6.07, 6.45) is 1.38. The Bertz CT molecular complexity index is 1020. The average molecular weight is 442 g/mol. The number of nitrogens with one attached hydrogen (secondary N) is 1. The number of benzene rings is 1. The molecule has 3 rings (SSSR count). The molecule has 1 aliphatic heterocycles. The monoisotopic (exact) mass is 441 g/mol. The molecule has 170 valence electrons. The fourth-order valence-corrected chi connectivity index (χ4v) is 3.78. The Kier molecular flexibility index (Phi) is 6.76. The first-order chi connectivity index (χ1) is 15.1. The Balaban J connectivity index is 1.87. The molecule has 1 aliphatic rings. The summed E-state index contributed by atoms with van der Waals surface area (Å²) in [5, 5.41) is 2.57. The average Bonchev–Trinajstić information content (AvgIpc) is 2.75. The Hall–Kier alpha value is -3.49. The zero-order valence-corrected chi connectivity index (χ0v) is 18.6. The van der Waals surface area contributed by atoms with Crippen molar-refractivity contribution in [3.8, 4) is 0 Å². The van der Waals surface area contributed by atoms with E-state index in [-0.39, 0.29) is 31.0 Å². The summed E-state index contributed by atoms with van der Waals surface area (Å²) in [5.41, 5.74) is 7.38. The number of aromatic nitrogens is 1. The van der Waals surface area contributed by atoms with E-state index >= 15 is 0 Å². The summed E-state index contributed by atoms with van der Waals surface area (Å²) < 4.78 is 13.5. The summed E-state index contributed by atoms with van der Waals surface area (Å²) in [7, 11) is 0. The van der Waals surface area contributed by atoms with Crippen LogP contribution < -0.4 is 11.1 Å². The number of aryl methyl sites for hydroxylation is 1. The summed E-state index contributed by atoms with van der Waals surface area (Å²) >= 11 is 0. The van der Waals surface area contributed by atoms with Crippen LogP contribution in [0.5, 0.6) is 0 Å². The van der Waals surface area contributed by atoms with Crippen LogP contribution in [0.15, 0.2) is 36.5 Å². The van der Waals surface area contributed by atoms with Crippen molar-refractivity contribution in [1.29, 1.82) is 0 Å². The van der Waals surface area contributed by atoms with Crippen molar-refractivity contribution in [3.05, 3.63) is 53.5 Å². The van der Waals surface area contributed by atoms with Gasteiger partial charge in [-0.15, -0.1) is 0 Å². The lowest BCUT2D eigenvalue weighted by Crippen LogP contribution is -2.59. The molecule has 0 bridgehead atoms. The minimum absolute atomic E-state index is 0.0374. The van der Waals surface area contributed by atoms with Crippen LogP contribution >= 0.6 is 0 Å². The lowest BCUT2D eigenvalue weighted by atomic mass is 9.98. The first-order valence-electron chi connectivity index (χ1n) is 10.5. The van der Waals surface area contributed by atoms with Gasteiger partial charge in [-0.2, -0.15) is 0 Å². The molecule has 3 N–H and O–H groups in total. The molecule has 32 heavy (non-hydrogen) atoms. The van der Waals surface area contributed by atoms with E-state index in [4.69, 9.17) is 5.73 Å². The summed E-state index contributed by atoms with van der Waals surface area (Å²) in [6.45, 7) is 7.60. The molecule has 0 unspecified atom stereocenters. The van der Waals surface area contributed by atoms with Crippen molar-refractivity contribution in [3.63, 3.8) is 0 Å². The smallest absolute Gasteiger partial charge is 0.313 e. The van der Waals surface area contributed by atoms with Crippen molar-refractivity contribution in [2.45, 2.75) is 39.8 Å². The van der Waals surface area contributed by atoms with E-state index < -0.39 is 23.7 Å². The number of rotatable bonds is 3. The van der Waals surface area contributed by atoms with Crippen molar-refractivity contribution in [1.82, 2.24) is 14.8 Å². The molecule has 3 amide bonds. The number of nitrogen functional groups attached to an aromatic ring is 1. The van der Waals surface area contributed by atoms with Crippen LogP contribution in [0.4, 0.5) is 15.9 Å². The molecule has 9 heteroatoms. The highest BCUT2D eigenvalue weighted by Crippen LogP contribution is 2.29. The SMILES string of the molecule is Cc1cc(NC(=O)C(=O)N2C[C@H](C)N(C(=O)C(C)C)C[C@H]2c2ccc(F)cc2)cnc1N. The highest BCUT2D eigenvalue weighted by atomic mass is 19.1. The Morgan fingerprint density at radius 1 is 1.16 bits per heavy atom. The summed E-state index contributed by atoms with van der Waals surface area (Å²) in [6, 6.07) is 6.50. The molecule has 0 radical (unpaired) electrons. The number of hydrogen-bond donors (Lipinski definition) is 2. The van der Waals surface area contributed by atoms with Crippen LogP contribution in [0, 0.1) is 18.7 Å². The second-order valence-corrected chi connectivity index (χ2v) is 8.40. The first-order valence-corrected chi connectivity index (χ1v) is 10.5. The molecule has 2 heterocycles. The predicted octanol–water partition coefficient (Wildman–Crippen LogP) is 2.51. The second kappa shape index (κ2) is 9.33. The van der Waals surface area contributed by atoms with Gasteiger partial charge in [0.05, 0.1) is 17.9 Å². The number of halogens is 1.